The number of esters is 1. The summed E-state index contributed by atoms with van der Waals surface area (Å²) in [5, 5.41) is 15.7. The van der Waals surface area contributed by atoms with Crippen molar-refractivity contribution in [1.82, 2.24) is 4.90 Å². The lowest BCUT2D eigenvalue weighted by molar-refractivity contribution is -0.177. The molecule has 3 rings (SSSR count). The van der Waals surface area contributed by atoms with Gasteiger partial charge in [-0.15, -0.1) is 0 Å². The fourth-order valence-electron chi connectivity index (χ4n) is 5.03. The van der Waals surface area contributed by atoms with Crippen LogP contribution >= 0.6 is 0 Å². The quantitative estimate of drug-likeness (QED) is 0.118. The maximum atomic E-state index is 13.5. The monoisotopic (exact) mass is 620 g/mol. The first-order valence-electron chi connectivity index (χ1n) is 15.8. The standard InChI is InChI=1S/C36H48N2O7/c1-5-43-32(39)25-45-34(36(41)42)33(44-22-12-10-20-37-31-19-16-26(2)27(3)23-31)35(40)38(4)21-11-6-7-13-28-17-18-29-14-8-9-15-30(29)24-28/h8-9,14-19,23-24,33-34,37H,5-7,10-13,20-22,25H2,1-4H3,(H,41,42)/t33-,34-/m1/s1. The molecule has 45 heavy (non-hydrogen) atoms. The van der Waals surface area contributed by atoms with Crippen LogP contribution in [0.5, 0.6) is 0 Å². The number of aryl methyl sites for hydroxylation is 3. The molecule has 0 aliphatic heterocycles. The molecule has 0 bridgehead atoms. The molecule has 0 saturated heterocycles. The molecule has 2 atom stereocenters. The minimum absolute atomic E-state index is 0.137. The fraction of sp³-hybridized carbons (Fsp3) is 0.472. The number of hydrogen-bond donors (Lipinski definition) is 2. The van der Waals surface area contributed by atoms with Crippen molar-refractivity contribution in [3.63, 3.8) is 0 Å². The van der Waals surface area contributed by atoms with E-state index in [0.29, 0.717) is 19.5 Å². The topological polar surface area (TPSA) is 114 Å². The van der Waals surface area contributed by atoms with E-state index >= 15 is 0 Å². The maximum absolute atomic E-state index is 13.5. The van der Waals surface area contributed by atoms with Crippen molar-refractivity contribution in [1.29, 1.82) is 0 Å². The van der Waals surface area contributed by atoms with Crippen LogP contribution in [0.3, 0.4) is 0 Å². The number of carbonyl (C=O) groups excluding carboxylic acids is 2. The highest BCUT2D eigenvalue weighted by Crippen LogP contribution is 2.18. The first-order chi connectivity index (χ1) is 21.7. The van der Waals surface area contributed by atoms with Crippen molar-refractivity contribution in [3.8, 4) is 0 Å². The Morgan fingerprint density at radius 1 is 0.844 bits per heavy atom. The number of fused-ring (bicyclic) bond motifs is 1. The molecule has 0 aromatic heterocycles. The van der Waals surface area contributed by atoms with E-state index in [0.717, 1.165) is 37.8 Å². The Balaban J connectivity index is 1.50. The Labute approximate surface area is 266 Å². The SMILES string of the molecule is CCOC(=O)CO[C@@H](C(=O)O)[C@@H](OCCCCNc1ccc(C)c(C)c1)C(=O)N(C)CCCCCc1ccc2ccccc2c1. The molecule has 3 aromatic rings. The molecule has 9 heteroatoms. The second-order valence-electron chi connectivity index (χ2n) is 11.4. The number of carboxylic acids is 1. The van der Waals surface area contributed by atoms with Gasteiger partial charge in [0.2, 0.25) is 0 Å². The summed E-state index contributed by atoms with van der Waals surface area (Å²) in [7, 11) is 1.64. The van der Waals surface area contributed by atoms with Crippen LogP contribution in [0.4, 0.5) is 5.69 Å². The largest absolute Gasteiger partial charge is 0.479 e. The van der Waals surface area contributed by atoms with Crippen LogP contribution in [-0.2, 0) is 35.0 Å². The van der Waals surface area contributed by atoms with Crippen LogP contribution < -0.4 is 5.32 Å². The molecular weight excluding hydrogens is 572 g/mol. The Morgan fingerprint density at radius 2 is 1.62 bits per heavy atom. The number of aliphatic carboxylic acids is 1. The van der Waals surface area contributed by atoms with E-state index in [-0.39, 0.29) is 13.2 Å². The van der Waals surface area contributed by atoms with E-state index in [2.05, 4.69) is 61.6 Å². The van der Waals surface area contributed by atoms with Gasteiger partial charge in [-0.2, -0.15) is 0 Å². The number of anilines is 1. The predicted octanol–water partition coefficient (Wildman–Crippen LogP) is 5.94. The van der Waals surface area contributed by atoms with Crippen molar-refractivity contribution >= 4 is 34.3 Å². The minimum atomic E-state index is -1.65. The number of carboxylic acid groups (broad SMARTS) is 1. The van der Waals surface area contributed by atoms with E-state index in [1.807, 2.05) is 18.2 Å². The van der Waals surface area contributed by atoms with Crippen LogP contribution in [0.1, 0.15) is 55.7 Å². The number of amides is 1. The number of benzene rings is 3. The minimum Gasteiger partial charge on any atom is -0.479 e. The van der Waals surface area contributed by atoms with E-state index in [1.165, 1.54) is 32.4 Å². The highest BCUT2D eigenvalue weighted by atomic mass is 16.6. The molecule has 0 heterocycles. The third kappa shape index (κ3) is 11.8. The van der Waals surface area contributed by atoms with Gasteiger partial charge in [0.05, 0.1) is 6.61 Å². The summed E-state index contributed by atoms with van der Waals surface area (Å²) < 4.78 is 16.1. The molecule has 0 aliphatic carbocycles. The normalized spacial score (nSPS) is 12.4. The maximum Gasteiger partial charge on any atom is 0.336 e. The van der Waals surface area contributed by atoms with E-state index in [9.17, 15) is 19.5 Å². The lowest BCUT2D eigenvalue weighted by atomic mass is 10.0. The lowest BCUT2D eigenvalue weighted by Gasteiger charge is -2.28. The van der Waals surface area contributed by atoms with Crippen molar-refractivity contribution in [3.05, 3.63) is 77.4 Å². The van der Waals surface area contributed by atoms with Gasteiger partial charge in [0.25, 0.3) is 5.91 Å². The summed E-state index contributed by atoms with van der Waals surface area (Å²) in [6, 6.07) is 21.0. The predicted molar refractivity (Wildman–Crippen MR) is 177 cm³/mol. The van der Waals surface area contributed by atoms with Gasteiger partial charge in [-0.05, 0) is 92.5 Å². The van der Waals surface area contributed by atoms with Crippen LogP contribution in [0.15, 0.2) is 60.7 Å². The summed E-state index contributed by atoms with van der Waals surface area (Å²) in [6.07, 6.45) is 1.89. The summed E-state index contributed by atoms with van der Waals surface area (Å²) >= 11 is 0. The molecule has 0 unspecified atom stereocenters. The van der Waals surface area contributed by atoms with Crippen molar-refractivity contribution in [2.45, 2.75) is 71.5 Å². The molecule has 1 amide bonds. The summed E-state index contributed by atoms with van der Waals surface area (Å²) in [4.78, 5) is 39.0. The molecule has 3 aromatic carbocycles. The molecule has 0 fully saturated rings. The highest BCUT2D eigenvalue weighted by molar-refractivity contribution is 5.88. The number of nitrogens with zero attached hydrogens (tertiary/aromatic N) is 1. The first-order valence-corrected chi connectivity index (χ1v) is 15.8. The van der Waals surface area contributed by atoms with E-state index in [1.54, 1.807) is 14.0 Å². The van der Waals surface area contributed by atoms with Gasteiger partial charge in [-0.25, -0.2) is 9.59 Å². The number of unbranched alkanes of at least 4 members (excludes halogenated alkanes) is 3. The van der Waals surface area contributed by atoms with Crippen LogP contribution in [-0.4, -0.2) is 80.0 Å². The fourth-order valence-corrected chi connectivity index (χ4v) is 5.03. The Morgan fingerprint density at radius 3 is 2.36 bits per heavy atom. The molecular formula is C36H48N2O7. The Bertz CT molecular complexity index is 1390. The molecule has 0 radical (unpaired) electrons. The summed E-state index contributed by atoms with van der Waals surface area (Å²) in [5.74, 6) is -2.57. The van der Waals surface area contributed by atoms with Gasteiger partial charge >= 0.3 is 11.9 Å². The highest BCUT2D eigenvalue weighted by Gasteiger charge is 2.38. The second-order valence-corrected chi connectivity index (χ2v) is 11.4. The van der Waals surface area contributed by atoms with Gasteiger partial charge in [0.1, 0.15) is 6.61 Å². The molecule has 244 valence electrons. The van der Waals surface area contributed by atoms with Crippen molar-refractivity contribution < 1.29 is 33.7 Å². The molecule has 9 nitrogen and oxygen atoms in total. The lowest BCUT2D eigenvalue weighted by Crippen LogP contribution is -2.50. The van der Waals surface area contributed by atoms with Gasteiger partial charge in [-0.3, -0.25) is 4.79 Å². The van der Waals surface area contributed by atoms with Crippen LogP contribution in [0.2, 0.25) is 0 Å². The zero-order valence-corrected chi connectivity index (χ0v) is 27.1. The van der Waals surface area contributed by atoms with Crippen molar-refractivity contribution in [2.75, 3.05) is 45.3 Å². The Kier molecular flexibility index (Phi) is 14.8. The van der Waals surface area contributed by atoms with Gasteiger partial charge in [0, 0.05) is 32.4 Å². The third-order valence-electron chi connectivity index (χ3n) is 7.80. The number of likely N-dealkylation sites (N-methyl/N-ethyl adjacent to an activating group) is 1. The van der Waals surface area contributed by atoms with Gasteiger partial charge < -0.3 is 29.5 Å². The summed E-state index contributed by atoms with van der Waals surface area (Å²) in [6.45, 7) is 6.64. The first kappa shape index (κ1) is 35.5. The molecule has 0 spiro atoms. The van der Waals surface area contributed by atoms with Gasteiger partial charge in [-0.1, -0.05) is 55.0 Å². The number of ether oxygens (including phenoxy) is 3. The average Bonchev–Trinajstić information content (AvgIpc) is 3.02. The number of carbonyl (C=O) groups is 3. The smallest absolute Gasteiger partial charge is 0.336 e. The van der Waals surface area contributed by atoms with E-state index < -0.39 is 36.7 Å². The Hall–Kier alpha value is -3.95. The van der Waals surface area contributed by atoms with E-state index in [4.69, 9.17) is 14.2 Å². The second kappa shape index (κ2) is 18.8. The number of hydrogen-bond acceptors (Lipinski definition) is 7. The zero-order valence-electron chi connectivity index (χ0n) is 27.1. The van der Waals surface area contributed by atoms with Gasteiger partial charge in [0.15, 0.2) is 12.2 Å². The third-order valence-corrected chi connectivity index (χ3v) is 7.80. The van der Waals surface area contributed by atoms with Crippen molar-refractivity contribution in [2.24, 2.45) is 0 Å². The molecule has 2 N–H and O–H groups in total. The number of rotatable bonds is 20. The molecule has 0 aliphatic rings. The van der Waals surface area contributed by atoms with Crippen LogP contribution in [0.25, 0.3) is 10.8 Å². The summed E-state index contributed by atoms with van der Waals surface area (Å²) in [5.41, 5.74) is 4.75. The molecule has 0 saturated carbocycles. The zero-order chi connectivity index (χ0) is 32.6. The average molecular weight is 621 g/mol. The number of nitrogens with one attached hydrogen (secondary N) is 1. The van der Waals surface area contributed by atoms with Crippen LogP contribution in [0, 0.1) is 13.8 Å².